The van der Waals surface area contributed by atoms with Gasteiger partial charge in [0.05, 0.1) is 12.0 Å². The molecule has 0 saturated carbocycles. The average molecular weight is 341 g/mol. The first-order valence-electron chi connectivity index (χ1n) is 9.35. The molecule has 0 fully saturated rings. The largest absolute Gasteiger partial charge is 0.381 e. The summed E-state index contributed by atoms with van der Waals surface area (Å²) in [5.74, 6) is 0.0267. The van der Waals surface area contributed by atoms with E-state index in [1.54, 1.807) is 0 Å². The van der Waals surface area contributed by atoms with Gasteiger partial charge in [-0.2, -0.15) is 5.26 Å². The molecule has 0 saturated heterocycles. The molecule has 1 N–H and O–H groups in total. The molecule has 1 aromatic carbocycles. The van der Waals surface area contributed by atoms with Crippen molar-refractivity contribution in [1.82, 2.24) is 4.98 Å². The smallest absolute Gasteiger partial charge is 0.0710 e. The summed E-state index contributed by atoms with van der Waals surface area (Å²) >= 11 is 0. The van der Waals surface area contributed by atoms with Gasteiger partial charge in [0.15, 0.2) is 0 Å². The minimum atomic E-state index is 0.0267. The van der Waals surface area contributed by atoms with Crippen molar-refractivity contribution in [1.29, 1.82) is 5.26 Å². The van der Waals surface area contributed by atoms with Gasteiger partial charge >= 0.3 is 0 Å². The van der Waals surface area contributed by atoms with Crippen LogP contribution in [0.4, 0.5) is 5.69 Å². The molecular formula is C23H23N3. The first kappa shape index (κ1) is 16.6. The van der Waals surface area contributed by atoms with E-state index < -0.39 is 0 Å². The number of fused-ring (bicyclic) bond motifs is 1. The second-order valence-electron chi connectivity index (χ2n) is 7.02. The van der Waals surface area contributed by atoms with Crippen molar-refractivity contribution in [2.24, 2.45) is 5.92 Å². The lowest BCUT2D eigenvalue weighted by atomic mass is 9.89. The Balaban J connectivity index is 1.63. The van der Waals surface area contributed by atoms with E-state index in [0.29, 0.717) is 0 Å². The normalized spacial score (nSPS) is 19.0. The average Bonchev–Trinajstić information content (AvgIpc) is 2.99. The molecule has 2 aliphatic rings. The third kappa shape index (κ3) is 3.41. The van der Waals surface area contributed by atoms with E-state index >= 15 is 0 Å². The number of pyridine rings is 1. The van der Waals surface area contributed by atoms with Gasteiger partial charge in [0.2, 0.25) is 0 Å². The summed E-state index contributed by atoms with van der Waals surface area (Å²) in [6, 6.07) is 15.1. The quantitative estimate of drug-likeness (QED) is 0.802. The lowest BCUT2D eigenvalue weighted by Gasteiger charge is -2.16. The molecule has 4 rings (SSSR count). The predicted molar refractivity (Wildman–Crippen MR) is 105 cm³/mol. The zero-order valence-corrected chi connectivity index (χ0v) is 14.9. The van der Waals surface area contributed by atoms with Crippen LogP contribution in [-0.2, 0) is 19.4 Å². The number of allylic oxidation sites excluding steroid dienone is 4. The fourth-order valence-electron chi connectivity index (χ4n) is 4.02. The Kier molecular flexibility index (Phi) is 4.84. The van der Waals surface area contributed by atoms with E-state index in [9.17, 15) is 5.26 Å². The van der Waals surface area contributed by atoms with Gasteiger partial charge < -0.3 is 5.32 Å². The van der Waals surface area contributed by atoms with Crippen LogP contribution in [0.1, 0.15) is 36.1 Å². The van der Waals surface area contributed by atoms with Crippen LogP contribution >= 0.6 is 0 Å². The molecule has 1 atom stereocenters. The molecule has 2 aliphatic carbocycles. The van der Waals surface area contributed by atoms with Crippen LogP contribution in [0.5, 0.6) is 0 Å². The van der Waals surface area contributed by atoms with Gasteiger partial charge in [-0.05, 0) is 43.7 Å². The Morgan fingerprint density at radius 3 is 2.85 bits per heavy atom. The van der Waals surface area contributed by atoms with E-state index in [-0.39, 0.29) is 5.92 Å². The Hall–Kier alpha value is -2.86. The van der Waals surface area contributed by atoms with Crippen LogP contribution in [0.3, 0.4) is 0 Å². The van der Waals surface area contributed by atoms with Crippen LogP contribution in [0.15, 0.2) is 65.9 Å². The van der Waals surface area contributed by atoms with Gasteiger partial charge in [-0.25, -0.2) is 0 Å². The van der Waals surface area contributed by atoms with Gasteiger partial charge in [0, 0.05) is 29.7 Å². The Morgan fingerprint density at radius 2 is 2.00 bits per heavy atom. The maximum Gasteiger partial charge on any atom is 0.0710 e. The van der Waals surface area contributed by atoms with Crippen LogP contribution < -0.4 is 5.32 Å². The monoisotopic (exact) mass is 341 g/mol. The van der Waals surface area contributed by atoms with Gasteiger partial charge in [0.1, 0.15) is 0 Å². The molecule has 3 nitrogen and oxygen atoms in total. The second-order valence-corrected chi connectivity index (χ2v) is 7.02. The number of nitriles is 1. The number of nitrogens with zero attached hydrogens (tertiary/aromatic N) is 2. The summed E-state index contributed by atoms with van der Waals surface area (Å²) in [7, 11) is 0. The molecule has 0 amide bonds. The Bertz CT molecular complexity index is 887. The summed E-state index contributed by atoms with van der Waals surface area (Å²) < 4.78 is 0. The van der Waals surface area contributed by atoms with Crippen LogP contribution in [-0.4, -0.2) is 4.98 Å². The van der Waals surface area contributed by atoms with Gasteiger partial charge in [-0.1, -0.05) is 53.6 Å². The predicted octanol–water partition coefficient (Wildman–Crippen LogP) is 4.97. The summed E-state index contributed by atoms with van der Waals surface area (Å²) in [6.07, 6.45) is 10.9. The molecule has 0 aliphatic heterocycles. The number of aryl methyl sites for hydroxylation is 1. The van der Waals surface area contributed by atoms with Gasteiger partial charge in [0.25, 0.3) is 0 Å². The number of hydrogen-bond acceptors (Lipinski definition) is 3. The highest BCUT2D eigenvalue weighted by molar-refractivity contribution is 5.56. The molecule has 0 bridgehead atoms. The molecule has 0 radical (unpaired) electrons. The third-order valence-electron chi connectivity index (χ3n) is 5.43. The van der Waals surface area contributed by atoms with E-state index in [1.807, 2.05) is 12.3 Å². The number of benzene rings is 1. The lowest BCUT2D eigenvalue weighted by molar-refractivity contribution is 0.721. The van der Waals surface area contributed by atoms with Gasteiger partial charge in [-0.15, -0.1) is 0 Å². The van der Waals surface area contributed by atoms with E-state index in [1.165, 1.54) is 33.7 Å². The highest BCUT2D eigenvalue weighted by Gasteiger charge is 2.24. The molecule has 2 aromatic rings. The number of nitrogens with one attached hydrogen (secondary N) is 1. The van der Waals surface area contributed by atoms with Gasteiger partial charge in [-0.3, -0.25) is 4.98 Å². The van der Waals surface area contributed by atoms with Crippen molar-refractivity contribution in [3.63, 3.8) is 0 Å². The van der Waals surface area contributed by atoms with Crippen molar-refractivity contribution >= 4 is 5.69 Å². The first-order chi connectivity index (χ1) is 12.8. The maximum atomic E-state index is 9.58. The van der Waals surface area contributed by atoms with Crippen molar-refractivity contribution in [2.75, 3.05) is 5.32 Å². The minimum Gasteiger partial charge on any atom is -0.381 e. The fourth-order valence-corrected chi connectivity index (χ4v) is 4.02. The fraction of sp³-hybridized carbons (Fsp3) is 0.304. The highest BCUT2D eigenvalue weighted by atomic mass is 14.9. The summed E-state index contributed by atoms with van der Waals surface area (Å²) in [5.41, 5.74) is 7.70. The first-order valence-corrected chi connectivity index (χ1v) is 9.35. The Labute approximate surface area is 155 Å². The molecule has 3 heteroatoms. The second kappa shape index (κ2) is 7.58. The molecule has 1 aromatic heterocycles. The number of rotatable bonds is 3. The molecule has 1 heterocycles. The zero-order chi connectivity index (χ0) is 17.8. The van der Waals surface area contributed by atoms with Crippen molar-refractivity contribution in [3.05, 3.63) is 82.7 Å². The molecule has 1 unspecified atom stereocenters. The SMILES string of the molecule is N#CC1CC=CCC2=C1CCc1nccc(NCc3ccccc3)c1C2. The number of anilines is 1. The van der Waals surface area contributed by atoms with Crippen molar-refractivity contribution < 1.29 is 0 Å². The molecular weight excluding hydrogens is 318 g/mol. The van der Waals surface area contributed by atoms with Crippen molar-refractivity contribution in [2.45, 2.75) is 38.6 Å². The number of aromatic nitrogens is 1. The maximum absolute atomic E-state index is 9.58. The third-order valence-corrected chi connectivity index (χ3v) is 5.43. The Morgan fingerprint density at radius 1 is 1.12 bits per heavy atom. The van der Waals surface area contributed by atoms with Crippen molar-refractivity contribution in [3.8, 4) is 6.07 Å². The standard InChI is InChI=1S/C23H23N3/c24-15-19-9-5-4-8-18-14-21-22(11-10-20(18)19)25-13-12-23(21)26-16-17-6-2-1-3-7-17/h1-7,12-13,19H,8-11,14,16H2,(H,25,26). The minimum absolute atomic E-state index is 0.0267. The van der Waals surface area contributed by atoms with E-state index in [4.69, 9.17) is 0 Å². The van der Waals surface area contributed by atoms with Crippen LogP contribution in [0.2, 0.25) is 0 Å². The molecule has 130 valence electrons. The molecule has 0 spiro atoms. The van der Waals surface area contributed by atoms with Crippen LogP contribution in [0, 0.1) is 17.2 Å². The summed E-state index contributed by atoms with van der Waals surface area (Å²) in [6.45, 7) is 0.809. The topological polar surface area (TPSA) is 48.7 Å². The number of hydrogen-bond donors (Lipinski definition) is 1. The molecule has 26 heavy (non-hydrogen) atoms. The summed E-state index contributed by atoms with van der Waals surface area (Å²) in [5, 5.41) is 13.2. The zero-order valence-electron chi connectivity index (χ0n) is 14.9. The highest BCUT2D eigenvalue weighted by Crippen LogP contribution is 2.36. The van der Waals surface area contributed by atoms with E-state index in [2.05, 4.69) is 58.9 Å². The lowest BCUT2D eigenvalue weighted by Crippen LogP contribution is -2.06. The summed E-state index contributed by atoms with van der Waals surface area (Å²) in [4.78, 5) is 4.66. The van der Waals surface area contributed by atoms with E-state index in [0.717, 1.165) is 38.6 Å². The van der Waals surface area contributed by atoms with Crippen LogP contribution in [0.25, 0.3) is 0 Å².